The normalized spacial score (nSPS) is 14.5. The van der Waals surface area contributed by atoms with Gasteiger partial charge in [0, 0.05) is 18.0 Å². The monoisotopic (exact) mass is 248 g/mol. The highest BCUT2D eigenvalue weighted by atomic mass is 16.5. The number of carbonyl (C=O) groups is 1. The third-order valence-electron chi connectivity index (χ3n) is 3.14. The van der Waals surface area contributed by atoms with Crippen molar-refractivity contribution >= 4 is 17.3 Å². The van der Waals surface area contributed by atoms with Crippen molar-refractivity contribution in [1.29, 1.82) is 0 Å². The van der Waals surface area contributed by atoms with E-state index in [1.165, 1.54) is 12.8 Å². The molecule has 0 bridgehead atoms. The molecule has 98 valence electrons. The molecule has 1 amide bonds. The molecule has 18 heavy (non-hydrogen) atoms. The van der Waals surface area contributed by atoms with E-state index < -0.39 is 0 Å². The molecule has 3 N–H and O–H groups in total. The van der Waals surface area contributed by atoms with E-state index in [2.05, 4.69) is 5.32 Å². The minimum absolute atomic E-state index is 0.112. The molecule has 0 heterocycles. The van der Waals surface area contributed by atoms with Crippen molar-refractivity contribution in [2.75, 3.05) is 24.3 Å². The van der Waals surface area contributed by atoms with E-state index >= 15 is 0 Å². The Morgan fingerprint density at radius 2 is 2.28 bits per heavy atom. The van der Waals surface area contributed by atoms with Crippen LogP contribution >= 0.6 is 0 Å². The van der Waals surface area contributed by atoms with Crippen LogP contribution < -0.4 is 11.1 Å². The van der Waals surface area contributed by atoms with E-state index in [4.69, 9.17) is 10.5 Å². The van der Waals surface area contributed by atoms with Crippen molar-refractivity contribution in [3.05, 3.63) is 23.8 Å². The predicted octanol–water partition coefficient (Wildman–Crippen LogP) is 2.33. The molecule has 0 aliphatic heterocycles. The zero-order valence-electron chi connectivity index (χ0n) is 10.7. The first-order valence-corrected chi connectivity index (χ1v) is 6.39. The van der Waals surface area contributed by atoms with Crippen molar-refractivity contribution < 1.29 is 9.53 Å². The molecule has 1 saturated carbocycles. The van der Waals surface area contributed by atoms with Gasteiger partial charge in [0.05, 0.1) is 0 Å². The minimum Gasteiger partial charge on any atom is -0.399 e. The second kappa shape index (κ2) is 5.87. The van der Waals surface area contributed by atoms with Gasteiger partial charge >= 0.3 is 0 Å². The first-order chi connectivity index (χ1) is 8.65. The van der Waals surface area contributed by atoms with E-state index in [9.17, 15) is 4.79 Å². The lowest BCUT2D eigenvalue weighted by molar-refractivity contribution is -0.120. The van der Waals surface area contributed by atoms with Crippen LogP contribution in [0.2, 0.25) is 0 Å². The molecular formula is C14H20N2O2. The summed E-state index contributed by atoms with van der Waals surface area (Å²) in [4.78, 5) is 11.7. The van der Waals surface area contributed by atoms with Crippen LogP contribution in [-0.2, 0) is 9.53 Å². The summed E-state index contributed by atoms with van der Waals surface area (Å²) >= 11 is 0. The summed E-state index contributed by atoms with van der Waals surface area (Å²) < 4.78 is 5.35. The third-order valence-corrected chi connectivity index (χ3v) is 3.14. The Balaban J connectivity index is 1.73. The second-order valence-corrected chi connectivity index (χ2v) is 4.91. The number of aryl methyl sites for hydroxylation is 1. The standard InChI is InChI=1S/C14H20N2O2/c1-10-2-5-12(15)8-13(10)16-14(17)9-18-7-6-11-3-4-11/h2,5,8,11H,3-4,6-7,9,15H2,1H3,(H,16,17). The van der Waals surface area contributed by atoms with Crippen LogP contribution in [-0.4, -0.2) is 19.1 Å². The van der Waals surface area contributed by atoms with E-state index in [0.717, 1.165) is 23.6 Å². The topological polar surface area (TPSA) is 64.3 Å². The van der Waals surface area contributed by atoms with Crippen LogP contribution in [0.4, 0.5) is 11.4 Å². The lowest BCUT2D eigenvalue weighted by atomic mass is 10.2. The Kier molecular flexibility index (Phi) is 4.20. The van der Waals surface area contributed by atoms with Gasteiger partial charge in [0.2, 0.25) is 5.91 Å². The molecule has 0 radical (unpaired) electrons. The number of nitrogen functional groups attached to an aromatic ring is 1. The highest BCUT2D eigenvalue weighted by Crippen LogP contribution is 2.32. The highest BCUT2D eigenvalue weighted by Gasteiger charge is 2.20. The Morgan fingerprint density at radius 1 is 1.50 bits per heavy atom. The molecule has 1 aromatic rings. The largest absolute Gasteiger partial charge is 0.399 e. The fraction of sp³-hybridized carbons (Fsp3) is 0.500. The average molecular weight is 248 g/mol. The molecule has 0 unspecified atom stereocenters. The van der Waals surface area contributed by atoms with Crippen molar-refractivity contribution in [3.8, 4) is 0 Å². The summed E-state index contributed by atoms with van der Waals surface area (Å²) in [6, 6.07) is 5.47. The number of rotatable bonds is 6. The molecule has 1 fully saturated rings. The van der Waals surface area contributed by atoms with Gasteiger partial charge in [-0.1, -0.05) is 18.9 Å². The van der Waals surface area contributed by atoms with E-state index in [-0.39, 0.29) is 12.5 Å². The number of ether oxygens (including phenoxy) is 1. The molecule has 1 aromatic carbocycles. The molecule has 2 rings (SSSR count). The van der Waals surface area contributed by atoms with Crippen molar-refractivity contribution in [2.45, 2.75) is 26.2 Å². The van der Waals surface area contributed by atoms with Gasteiger partial charge in [0.15, 0.2) is 0 Å². The molecule has 0 aromatic heterocycles. The summed E-state index contributed by atoms with van der Waals surface area (Å²) in [5.41, 5.74) is 8.08. The molecule has 4 nitrogen and oxygen atoms in total. The maximum Gasteiger partial charge on any atom is 0.250 e. The smallest absolute Gasteiger partial charge is 0.250 e. The lowest BCUT2D eigenvalue weighted by Gasteiger charge is -2.09. The zero-order valence-corrected chi connectivity index (χ0v) is 10.7. The number of amides is 1. The van der Waals surface area contributed by atoms with Crippen LogP contribution in [0, 0.1) is 12.8 Å². The van der Waals surface area contributed by atoms with Crippen LogP contribution in [0.15, 0.2) is 18.2 Å². The summed E-state index contributed by atoms with van der Waals surface area (Å²) in [5.74, 6) is 0.712. The maximum atomic E-state index is 11.7. The molecule has 0 spiro atoms. The Hall–Kier alpha value is -1.55. The molecule has 1 aliphatic rings. The van der Waals surface area contributed by atoms with Crippen LogP contribution in [0.1, 0.15) is 24.8 Å². The quantitative estimate of drug-likeness (QED) is 0.600. The van der Waals surface area contributed by atoms with Crippen LogP contribution in [0.25, 0.3) is 0 Å². The highest BCUT2D eigenvalue weighted by molar-refractivity contribution is 5.92. The van der Waals surface area contributed by atoms with Gasteiger partial charge in [0.25, 0.3) is 0 Å². The number of benzene rings is 1. The number of carbonyl (C=O) groups excluding carboxylic acids is 1. The van der Waals surface area contributed by atoms with E-state index in [1.54, 1.807) is 6.07 Å². The minimum atomic E-state index is -0.125. The SMILES string of the molecule is Cc1ccc(N)cc1NC(=O)COCCC1CC1. The second-order valence-electron chi connectivity index (χ2n) is 4.91. The zero-order chi connectivity index (χ0) is 13.0. The number of hydrogen-bond acceptors (Lipinski definition) is 3. The summed E-state index contributed by atoms with van der Waals surface area (Å²) in [5, 5.41) is 2.81. The average Bonchev–Trinajstić information content (AvgIpc) is 3.13. The Morgan fingerprint density at radius 3 is 3.00 bits per heavy atom. The number of nitrogens with one attached hydrogen (secondary N) is 1. The Bertz CT molecular complexity index is 428. The van der Waals surface area contributed by atoms with Crippen LogP contribution in [0.5, 0.6) is 0 Å². The molecule has 1 aliphatic carbocycles. The van der Waals surface area contributed by atoms with Crippen molar-refractivity contribution in [3.63, 3.8) is 0 Å². The van der Waals surface area contributed by atoms with E-state index in [0.29, 0.717) is 12.3 Å². The van der Waals surface area contributed by atoms with Gasteiger partial charge in [-0.2, -0.15) is 0 Å². The Labute approximate surface area is 108 Å². The van der Waals surface area contributed by atoms with Crippen LogP contribution in [0.3, 0.4) is 0 Å². The first kappa shape index (κ1) is 12.9. The van der Waals surface area contributed by atoms with Crippen molar-refractivity contribution in [2.24, 2.45) is 5.92 Å². The fourth-order valence-corrected chi connectivity index (χ4v) is 1.78. The van der Waals surface area contributed by atoms with E-state index in [1.807, 2.05) is 19.1 Å². The summed E-state index contributed by atoms with van der Waals surface area (Å²) in [6.07, 6.45) is 3.71. The van der Waals surface area contributed by atoms with Gasteiger partial charge in [-0.25, -0.2) is 0 Å². The van der Waals surface area contributed by atoms with Gasteiger partial charge in [-0.15, -0.1) is 0 Å². The lowest BCUT2D eigenvalue weighted by Crippen LogP contribution is -2.19. The third kappa shape index (κ3) is 4.04. The number of hydrogen-bond donors (Lipinski definition) is 2. The maximum absolute atomic E-state index is 11.7. The van der Waals surface area contributed by atoms with Gasteiger partial charge in [-0.3, -0.25) is 4.79 Å². The molecule has 4 heteroatoms. The fourth-order valence-electron chi connectivity index (χ4n) is 1.78. The van der Waals surface area contributed by atoms with Gasteiger partial charge < -0.3 is 15.8 Å². The molecular weight excluding hydrogens is 228 g/mol. The molecule has 0 atom stereocenters. The summed E-state index contributed by atoms with van der Waals surface area (Å²) in [7, 11) is 0. The van der Waals surface area contributed by atoms with Crippen molar-refractivity contribution in [1.82, 2.24) is 0 Å². The summed E-state index contributed by atoms with van der Waals surface area (Å²) in [6.45, 7) is 2.72. The van der Waals surface area contributed by atoms with Gasteiger partial charge in [-0.05, 0) is 37.0 Å². The number of nitrogens with two attached hydrogens (primary N) is 1. The number of anilines is 2. The predicted molar refractivity (Wildman–Crippen MR) is 72.4 cm³/mol. The van der Waals surface area contributed by atoms with Gasteiger partial charge in [0.1, 0.15) is 6.61 Å². The molecule has 0 saturated heterocycles. The first-order valence-electron chi connectivity index (χ1n) is 6.39.